The van der Waals surface area contributed by atoms with Gasteiger partial charge in [-0.2, -0.15) is 0 Å². The summed E-state index contributed by atoms with van der Waals surface area (Å²) < 4.78 is 29.9. The van der Waals surface area contributed by atoms with E-state index in [1.54, 1.807) is 19.2 Å². The van der Waals surface area contributed by atoms with Crippen LogP contribution in [0.25, 0.3) is 0 Å². The maximum absolute atomic E-state index is 12.5. The zero-order valence-corrected chi connectivity index (χ0v) is 11.7. The molecule has 1 aromatic carbocycles. The molecule has 0 aliphatic heterocycles. The molecule has 114 valence electrons. The molecule has 1 rings (SSSR count). The van der Waals surface area contributed by atoms with E-state index in [0.717, 1.165) is 12.1 Å². The Morgan fingerprint density at radius 3 is 2.55 bits per heavy atom. The number of ether oxygens (including phenoxy) is 1. The Bertz CT molecular complexity index is 361. The van der Waals surface area contributed by atoms with Crippen LogP contribution < -0.4 is 10.2 Å². The summed E-state index contributed by atoms with van der Waals surface area (Å²) in [6, 6.07) is 7.38. The molecule has 0 amide bonds. The Labute approximate surface area is 118 Å². The first kappa shape index (κ1) is 16.8. The molecule has 4 nitrogen and oxygen atoms in total. The lowest BCUT2D eigenvalue weighted by Gasteiger charge is -2.23. The summed E-state index contributed by atoms with van der Waals surface area (Å²) >= 11 is 0. The third-order valence-electron chi connectivity index (χ3n) is 2.84. The molecular weight excluding hydrogens is 266 g/mol. The van der Waals surface area contributed by atoms with Crippen LogP contribution in [0.5, 0.6) is 0 Å². The Balaban J connectivity index is 2.54. The summed E-state index contributed by atoms with van der Waals surface area (Å²) in [5.74, 6) is 0. The second kappa shape index (κ2) is 9.63. The minimum absolute atomic E-state index is 0.146. The number of nitrogens with one attached hydrogen (secondary N) is 1. The highest BCUT2D eigenvalue weighted by Crippen LogP contribution is 2.16. The molecule has 0 aliphatic carbocycles. The molecule has 0 unspecified atom stereocenters. The Hall–Kier alpha value is -1.24. The minimum Gasteiger partial charge on any atom is -0.395 e. The normalized spacial score (nSPS) is 11.1. The van der Waals surface area contributed by atoms with Crippen molar-refractivity contribution in [1.82, 2.24) is 5.32 Å². The fraction of sp³-hybridized carbons (Fsp3) is 0.571. The predicted molar refractivity (Wildman–Crippen MR) is 75.3 cm³/mol. The van der Waals surface area contributed by atoms with Gasteiger partial charge in [0.05, 0.1) is 19.8 Å². The third kappa shape index (κ3) is 6.27. The molecule has 2 N–H and O–H groups in total. The predicted octanol–water partition coefficient (Wildman–Crippen LogP) is 1.49. The number of aliphatic hydroxyl groups is 1. The molecule has 0 saturated carbocycles. The first-order chi connectivity index (χ1) is 9.67. The van der Waals surface area contributed by atoms with Crippen LogP contribution in [-0.2, 0) is 11.3 Å². The molecule has 0 heterocycles. The van der Waals surface area contributed by atoms with Crippen LogP contribution in [0.4, 0.5) is 14.5 Å². The fourth-order valence-corrected chi connectivity index (χ4v) is 1.84. The number of alkyl halides is 2. The second-order valence-electron chi connectivity index (χ2n) is 4.40. The maximum atomic E-state index is 12.5. The van der Waals surface area contributed by atoms with Gasteiger partial charge in [0.15, 0.2) is 0 Å². The van der Waals surface area contributed by atoms with Crippen LogP contribution in [0.2, 0.25) is 0 Å². The number of hydrogen-bond donors (Lipinski definition) is 2. The van der Waals surface area contributed by atoms with Crippen molar-refractivity contribution in [3.05, 3.63) is 29.8 Å². The number of methoxy groups -OCH3 is 1. The zero-order chi connectivity index (χ0) is 14.8. The SMILES string of the molecule is COCCNCc1ccc(N(CCO)CC(F)F)cc1. The number of rotatable bonds is 10. The molecule has 0 atom stereocenters. The van der Waals surface area contributed by atoms with E-state index in [2.05, 4.69) is 5.32 Å². The zero-order valence-electron chi connectivity index (χ0n) is 11.7. The molecule has 0 aromatic heterocycles. The third-order valence-corrected chi connectivity index (χ3v) is 2.84. The Morgan fingerprint density at radius 2 is 2.00 bits per heavy atom. The average molecular weight is 288 g/mol. The molecule has 0 spiro atoms. The summed E-state index contributed by atoms with van der Waals surface area (Å²) in [4.78, 5) is 1.48. The van der Waals surface area contributed by atoms with Crippen LogP contribution in [0, 0.1) is 0 Å². The number of nitrogens with zero attached hydrogens (tertiary/aromatic N) is 1. The summed E-state index contributed by atoms with van der Waals surface area (Å²) in [6.07, 6.45) is -2.42. The molecule has 1 aromatic rings. The highest BCUT2D eigenvalue weighted by atomic mass is 19.3. The monoisotopic (exact) mass is 288 g/mol. The van der Waals surface area contributed by atoms with Crippen molar-refractivity contribution in [2.75, 3.05) is 44.9 Å². The van der Waals surface area contributed by atoms with Crippen LogP contribution in [-0.4, -0.2) is 51.5 Å². The van der Waals surface area contributed by atoms with E-state index >= 15 is 0 Å². The number of anilines is 1. The topological polar surface area (TPSA) is 44.7 Å². The number of aliphatic hydroxyl groups excluding tert-OH is 1. The van der Waals surface area contributed by atoms with Gasteiger partial charge >= 0.3 is 0 Å². The molecular formula is C14H22F2N2O2. The maximum Gasteiger partial charge on any atom is 0.255 e. The lowest BCUT2D eigenvalue weighted by Crippen LogP contribution is -2.31. The van der Waals surface area contributed by atoms with Crippen LogP contribution in [0.15, 0.2) is 24.3 Å². The van der Waals surface area contributed by atoms with E-state index in [1.807, 2.05) is 12.1 Å². The number of halogens is 2. The van der Waals surface area contributed by atoms with Gasteiger partial charge in [0.2, 0.25) is 0 Å². The first-order valence-electron chi connectivity index (χ1n) is 6.60. The smallest absolute Gasteiger partial charge is 0.255 e. The molecule has 0 radical (unpaired) electrons. The summed E-state index contributed by atoms with van der Waals surface area (Å²) in [7, 11) is 1.65. The molecule has 6 heteroatoms. The van der Waals surface area contributed by atoms with Crippen LogP contribution in [0.3, 0.4) is 0 Å². The standard InChI is InChI=1S/C14H22F2N2O2/c1-20-9-6-17-10-12-2-4-13(5-3-12)18(7-8-19)11-14(15)16/h2-5,14,17,19H,6-11H2,1H3. The minimum atomic E-state index is -2.42. The van der Waals surface area contributed by atoms with Gasteiger partial charge in [-0.25, -0.2) is 8.78 Å². The molecule has 0 saturated heterocycles. The first-order valence-corrected chi connectivity index (χ1v) is 6.60. The van der Waals surface area contributed by atoms with Crippen LogP contribution in [0.1, 0.15) is 5.56 Å². The van der Waals surface area contributed by atoms with Crippen molar-refractivity contribution in [2.45, 2.75) is 13.0 Å². The highest BCUT2D eigenvalue weighted by molar-refractivity contribution is 5.47. The van der Waals surface area contributed by atoms with Gasteiger partial charge in [-0.15, -0.1) is 0 Å². The summed E-state index contributed by atoms with van der Waals surface area (Å²) in [6.45, 7) is 1.81. The Kier molecular flexibility index (Phi) is 8.10. The molecule has 0 fully saturated rings. The molecule has 0 aliphatic rings. The van der Waals surface area contributed by atoms with Gasteiger partial charge < -0.3 is 20.1 Å². The van der Waals surface area contributed by atoms with Crippen molar-refractivity contribution < 1.29 is 18.6 Å². The lowest BCUT2D eigenvalue weighted by atomic mass is 10.2. The molecule has 0 bridgehead atoms. The number of hydrogen-bond acceptors (Lipinski definition) is 4. The summed E-state index contributed by atoms with van der Waals surface area (Å²) in [5, 5.41) is 12.1. The van der Waals surface area contributed by atoms with Crippen molar-refractivity contribution in [1.29, 1.82) is 0 Å². The van der Waals surface area contributed by atoms with Gasteiger partial charge in [-0.1, -0.05) is 12.1 Å². The van der Waals surface area contributed by atoms with E-state index in [-0.39, 0.29) is 19.7 Å². The van der Waals surface area contributed by atoms with Crippen molar-refractivity contribution >= 4 is 5.69 Å². The average Bonchev–Trinajstić information content (AvgIpc) is 2.43. The van der Waals surface area contributed by atoms with Gasteiger partial charge in [0.1, 0.15) is 0 Å². The van der Waals surface area contributed by atoms with Crippen LogP contribution >= 0.6 is 0 Å². The fourth-order valence-electron chi connectivity index (χ4n) is 1.84. The van der Waals surface area contributed by atoms with Gasteiger partial charge in [-0.05, 0) is 17.7 Å². The van der Waals surface area contributed by atoms with Gasteiger partial charge in [-0.3, -0.25) is 0 Å². The van der Waals surface area contributed by atoms with Crippen molar-refractivity contribution in [3.63, 3.8) is 0 Å². The quantitative estimate of drug-likeness (QED) is 0.640. The van der Waals surface area contributed by atoms with E-state index in [1.165, 1.54) is 4.90 Å². The van der Waals surface area contributed by atoms with Gasteiger partial charge in [0.25, 0.3) is 6.43 Å². The van der Waals surface area contributed by atoms with E-state index in [4.69, 9.17) is 9.84 Å². The van der Waals surface area contributed by atoms with Crippen molar-refractivity contribution in [2.24, 2.45) is 0 Å². The highest BCUT2D eigenvalue weighted by Gasteiger charge is 2.12. The van der Waals surface area contributed by atoms with Gasteiger partial charge in [0, 0.05) is 32.4 Å². The van der Waals surface area contributed by atoms with E-state index in [0.29, 0.717) is 18.8 Å². The second-order valence-corrected chi connectivity index (χ2v) is 4.40. The lowest BCUT2D eigenvalue weighted by molar-refractivity contribution is 0.153. The van der Waals surface area contributed by atoms with E-state index in [9.17, 15) is 8.78 Å². The largest absolute Gasteiger partial charge is 0.395 e. The molecule has 20 heavy (non-hydrogen) atoms. The van der Waals surface area contributed by atoms with E-state index < -0.39 is 6.43 Å². The van der Waals surface area contributed by atoms with Crippen molar-refractivity contribution in [3.8, 4) is 0 Å². The number of benzene rings is 1. The summed E-state index contributed by atoms with van der Waals surface area (Å²) in [5.41, 5.74) is 1.77. The Morgan fingerprint density at radius 1 is 1.30 bits per heavy atom.